The van der Waals surface area contributed by atoms with Gasteiger partial charge in [-0.3, -0.25) is 14.9 Å². The Hall–Kier alpha value is -2.71. The average Bonchev–Trinajstić information content (AvgIpc) is 2.81. The van der Waals surface area contributed by atoms with Crippen molar-refractivity contribution in [1.29, 1.82) is 0 Å². The lowest BCUT2D eigenvalue weighted by Gasteiger charge is -2.37. The highest BCUT2D eigenvalue weighted by atomic mass is 19.1. The van der Waals surface area contributed by atoms with Crippen LogP contribution < -0.4 is 10.2 Å². The van der Waals surface area contributed by atoms with E-state index in [4.69, 9.17) is 4.74 Å². The number of amides is 3. The Labute approximate surface area is 198 Å². The van der Waals surface area contributed by atoms with Crippen molar-refractivity contribution in [2.24, 2.45) is 11.8 Å². The first kappa shape index (κ1) is 24.4. The minimum atomic E-state index is -0.979. The van der Waals surface area contributed by atoms with Gasteiger partial charge in [-0.1, -0.05) is 0 Å². The highest BCUT2D eigenvalue weighted by Gasteiger charge is 2.33. The smallest absolute Gasteiger partial charge is 0.409 e. The molecule has 9 heteroatoms. The number of rotatable bonds is 5. The van der Waals surface area contributed by atoms with Crippen LogP contribution in [0.5, 0.6) is 0 Å². The number of halogens is 2. The topological polar surface area (TPSA) is 79.0 Å². The van der Waals surface area contributed by atoms with Crippen LogP contribution in [-0.2, 0) is 14.3 Å². The van der Waals surface area contributed by atoms with E-state index in [0.29, 0.717) is 24.1 Å². The van der Waals surface area contributed by atoms with Crippen LogP contribution in [0.1, 0.15) is 63.4 Å². The third kappa shape index (κ3) is 5.50. The van der Waals surface area contributed by atoms with Gasteiger partial charge in [-0.05, 0) is 69.4 Å². The molecular formula is C25H33F2N3O4. The number of nitrogens with one attached hydrogen (secondary N) is 1. The fourth-order valence-corrected chi connectivity index (χ4v) is 5.52. The van der Waals surface area contributed by atoms with Gasteiger partial charge in [-0.2, -0.15) is 0 Å². The van der Waals surface area contributed by atoms with Gasteiger partial charge in [0.25, 0.3) is 0 Å². The largest absolute Gasteiger partial charge is 0.450 e. The first-order valence-electron chi connectivity index (χ1n) is 12.3. The molecule has 0 aliphatic carbocycles. The Morgan fingerprint density at radius 2 is 1.59 bits per heavy atom. The normalized spacial score (nSPS) is 22.6. The number of likely N-dealkylation sites (tertiary alicyclic amines) is 1. The molecule has 0 spiro atoms. The summed E-state index contributed by atoms with van der Waals surface area (Å²) in [5, 5.41) is 2.16. The van der Waals surface area contributed by atoms with Gasteiger partial charge >= 0.3 is 6.09 Å². The number of anilines is 1. The van der Waals surface area contributed by atoms with Crippen LogP contribution in [-0.4, -0.2) is 55.6 Å². The van der Waals surface area contributed by atoms with E-state index in [1.54, 1.807) is 4.90 Å². The molecule has 0 bridgehead atoms. The van der Waals surface area contributed by atoms with Crippen molar-refractivity contribution >= 4 is 23.6 Å². The van der Waals surface area contributed by atoms with Crippen LogP contribution in [0.3, 0.4) is 0 Å². The van der Waals surface area contributed by atoms with Gasteiger partial charge in [-0.25, -0.2) is 13.6 Å². The van der Waals surface area contributed by atoms with E-state index >= 15 is 0 Å². The Kier molecular flexibility index (Phi) is 7.68. The second-order valence-corrected chi connectivity index (χ2v) is 9.62. The molecule has 3 heterocycles. The SMILES string of the molecule is CCOC(=O)N1CCC(CC2CCN(c3cc(F)c(C4CCC(=O)NC4=O)c(F)c3)CC2)CC1. The number of carbonyl (C=O) groups is 3. The van der Waals surface area contributed by atoms with Crippen LogP contribution in [0.4, 0.5) is 19.3 Å². The van der Waals surface area contributed by atoms with Crippen molar-refractivity contribution in [3.63, 3.8) is 0 Å². The van der Waals surface area contributed by atoms with Crippen molar-refractivity contribution in [3.05, 3.63) is 29.3 Å². The molecule has 1 N–H and O–H groups in total. The zero-order valence-electron chi connectivity index (χ0n) is 19.7. The van der Waals surface area contributed by atoms with Gasteiger partial charge in [0.15, 0.2) is 0 Å². The fraction of sp³-hybridized carbons (Fsp3) is 0.640. The predicted molar refractivity (Wildman–Crippen MR) is 122 cm³/mol. The Morgan fingerprint density at radius 1 is 1.00 bits per heavy atom. The summed E-state index contributed by atoms with van der Waals surface area (Å²) in [5.41, 5.74) is 0.241. The average molecular weight is 478 g/mol. The van der Waals surface area contributed by atoms with Crippen molar-refractivity contribution in [1.82, 2.24) is 10.2 Å². The maximum Gasteiger partial charge on any atom is 0.409 e. The summed E-state index contributed by atoms with van der Waals surface area (Å²) in [7, 11) is 0. The second kappa shape index (κ2) is 10.7. The standard InChI is InChI=1S/C25H33F2N3O4/c1-2-34-25(33)30-11-7-17(8-12-30)13-16-5-9-29(10-6-16)18-14-20(26)23(21(27)15-18)19-3-4-22(31)28-24(19)32/h14-17,19H,2-13H2,1H3,(H,28,31,32). The Bertz CT molecular complexity index is 902. The number of hydrogen-bond acceptors (Lipinski definition) is 5. The molecule has 3 aliphatic heterocycles. The van der Waals surface area contributed by atoms with Crippen LogP contribution in [0.15, 0.2) is 12.1 Å². The number of ether oxygens (including phenoxy) is 1. The summed E-state index contributed by atoms with van der Waals surface area (Å²) >= 11 is 0. The van der Waals surface area contributed by atoms with Gasteiger partial charge in [-0.15, -0.1) is 0 Å². The molecule has 1 atom stereocenters. The van der Waals surface area contributed by atoms with E-state index in [0.717, 1.165) is 58.3 Å². The molecule has 1 aromatic rings. The molecule has 7 nitrogen and oxygen atoms in total. The van der Waals surface area contributed by atoms with Gasteiger partial charge < -0.3 is 14.5 Å². The number of piperidine rings is 3. The fourth-order valence-electron chi connectivity index (χ4n) is 5.52. The molecule has 34 heavy (non-hydrogen) atoms. The molecule has 4 rings (SSSR count). The lowest BCUT2D eigenvalue weighted by molar-refractivity contribution is -0.134. The Balaban J connectivity index is 1.29. The summed E-state index contributed by atoms with van der Waals surface area (Å²) in [6.45, 7) is 5.13. The van der Waals surface area contributed by atoms with Crippen LogP contribution in [0.2, 0.25) is 0 Å². The zero-order chi connectivity index (χ0) is 24.2. The molecule has 1 aromatic carbocycles. The first-order chi connectivity index (χ1) is 16.4. The lowest BCUT2D eigenvalue weighted by atomic mass is 9.82. The minimum absolute atomic E-state index is 0.0758. The predicted octanol–water partition coefficient (Wildman–Crippen LogP) is 3.96. The molecule has 0 saturated carbocycles. The minimum Gasteiger partial charge on any atom is -0.450 e. The van der Waals surface area contributed by atoms with Crippen LogP contribution in [0, 0.1) is 23.5 Å². The number of carbonyl (C=O) groups excluding carboxylic acids is 3. The molecule has 0 aromatic heterocycles. The third-order valence-corrected chi connectivity index (χ3v) is 7.44. The molecule has 186 valence electrons. The van der Waals surface area contributed by atoms with E-state index in [9.17, 15) is 23.2 Å². The maximum absolute atomic E-state index is 14.9. The van der Waals surface area contributed by atoms with E-state index in [1.165, 1.54) is 12.1 Å². The van der Waals surface area contributed by atoms with Crippen molar-refractivity contribution in [2.75, 3.05) is 37.7 Å². The maximum atomic E-state index is 14.9. The van der Waals surface area contributed by atoms with E-state index in [2.05, 4.69) is 5.32 Å². The van der Waals surface area contributed by atoms with Crippen molar-refractivity contribution < 1.29 is 27.9 Å². The summed E-state index contributed by atoms with van der Waals surface area (Å²) in [6, 6.07) is 2.63. The quantitative estimate of drug-likeness (QED) is 0.650. The van der Waals surface area contributed by atoms with Gasteiger partial charge in [0, 0.05) is 43.9 Å². The van der Waals surface area contributed by atoms with Crippen LogP contribution in [0.25, 0.3) is 0 Å². The van der Waals surface area contributed by atoms with Gasteiger partial charge in [0.2, 0.25) is 11.8 Å². The van der Waals surface area contributed by atoms with E-state index in [-0.39, 0.29) is 24.5 Å². The molecule has 3 aliphatic rings. The molecule has 0 radical (unpaired) electrons. The zero-order valence-corrected chi connectivity index (χ0v) is 19.7. The summed E-state index contributed by atoms with van der Waals surface area (Å²) in [5.74, 6) is -2.35. The second-order valence-electron chi connectivity index (χ2n) is 9.62. The van der Waals surface area contributed by atoms with Gasteiger partial charge in [0.05, 0.1) is 12.5 Å². The molecule has 1 unspecified atom stereocenters. The van der Waals surface area contributed by atoms with E-state index < -0.39 is 29.4 Å². The number of benzene rings is 1. The number of nitrogens with zero attached hydrogens (tertiary/aromatic N) is 2. The molecule has 3 saturated heterocycles. The van der Waals surface area contributed by atoms with E-state index in [1.807, 2.05) is 11.8 Å². The summed E-state index contributed by atoms with van der Waals surface area (Å²) in [6.07, 6.45) is 4.95. The van der Waals surface area contributed by atoms with Crippen molar-refractivity contribution in [3.8, 4) is 0 Å². The first-order valence-corrected chi connectivity index (χ1v) is 12.3. The highest BCUT2D eigenvalue weighted by Crippen LogP contribution is 2.35. The highest BCUT2D eigenvalue weighted by molar-refractivity contribution is 6.01. The Morgan fingerprint density at radius 3 is 2.15 bits per heavy atom. The number of hydrogen-bond donors (Lipinski definition) is 1. The molecular weight excluding hydrogens is 444 g/mol. The van der Waals surface area contributed by atoms with Gasteiger partial charge in [0.1, 0.15) is 11.6 Å². The van der Waals surface area contributed by atoms with Crippen LogP contribution >= 0.6 is 0 Å². The third-order valence-electron chi connectivity index (χ3n) is 7.44. The monoisotopic (exact) mass is 477 g/mol. The number of imide groups is 1. The molecule has 3 fully saturated rings. The lowest BCUT2D eigenvalue weighted by Crippen LogP contribution is -2.40. The molecule has 3 amide bonds. The summed E-state index contributed by atoms with van der Waals surface area (Å²) < 4.78 is 34.8. The van der Waals surface area contributed by atoms with Crippen molar-refractivity contribution in [2.45, 2.75) is 57.8 Å². The summed E-state index contributed by atoms with van der Waals surface area (Å²) in [4.78, 5) is 39.1.